The van der Waals surface area contributed by atoms with Crippen molar-refractivity contribution in [2.45, 2.75) is 83.2 Å². The first-order valence-electron chi connectivity index (χ1n) is 7.91. The molecule has 0 unspecified atom stereocenters. The highest BCUT2D eigenvalue weighted by Gasteiger charge is 2.41. The lowest BCUT2D eigenvalue weighted by molar-refractivity contribution is 0.320. The minimum absolute atomic E-state index is 0.730. The second kappa shape index (κ2) is 5.11. The van der Waals surface area contributed by atoms with Gasteiger partial charge in [-0.15, -0.1) is 0 Å². The molecule has 17 heavy (non-hydrogen) atoms. The monoisotopic (exact) mass is 250 g/mol. The van der Waals surface area contributed by atoms with Crippen molar-refractivity contribution in [2.75, 3.05) is 0 Å². The highest BCUT2D eigenvalue weighted by molar-refractivity contribution is 7.25. The van der Waals surface area contributed by atoms with Gasteiger partial charge in [0.25, 0.3) is 0 Å². The molecular formula is C15H31BSi. The van der Waals surface area contributed by atoms with E-state index in [4.69, 9.17) is 0 Å². The molecule has 0 nitrogen and oxygen atoms in total. The maximum atomic E-state index is 2.71. The summed E-state index contributed by atoms with van der Waals surface area (Å²) in [5, 5.41) is 0.730. The van der Waals surface area contributed by atoms with Gasteiger partial charge in [0.05, 0.1) is 0 Å². The molecule has 0 N–H and O–H groups in total. The van der Waals surface area contributed by atoms with E-state index in [1.807, 2.05) is 0 Å². The molecule has 1 saturated carbocycles. The van der Waals surface area contributed by atoms with Crippen LogP contribution >= 0.6 is 0 Å². The van der Waals surface area contributed by atoms with Crippen LogP contribution in [0.5, 0.6) is 0 Å². The quantitative estimate of drug-likeness (QED) is 0.616. The predicted octanol–water partition coefficient (Wildman–Crippen LogP) is 4.82. The first kappa shape index (κ1) is 13.7. The van der Waals surface area contributed by atoms with Crippen LogP contribution in [0.1, 0.15) is 59.3 Å². The Kier molecular flexibility index (Phi) is 4.12. The number of hydrogen-bond donors (Lipinski definition) is 0. The molecule has 0 aromatic rings. The fourth-order valence-corrected chi connectivity index (χ4v) is 9.70. The molecule has 1 aliphatic heterocycles. The Morgan fingerprint density at radius 3 is 1.94 bits per heavy atom. The zero-order chi connectivity index (χ0) is 12.5. The molecule has 0 aromatic heterocycles. The Bertz CT molecular complexity index is 222. The maximum Gasteiger partial charge on any atom is 0.123 e. The molecule has 0 radical (unpaired) electrons. The molecule has 1 aliphatic carbocycles. The summed E-state index contributed by atoms with van der Waals surface area (Å²) < 4.78 is 0. The van der Waals surface area contributed by atoms with Gasteiger partial charge in [0, 0.05) is 7.94 Å². The van der Waals surface area contributed by atoms with Crippen LogP contribution in [0.4, 0.5) is 0 Å². The molecule has 1 heterocycles. The van der Waals surface area contributed by atoms with Crippen LogP contribution in [0.25, 0.3) is 0 Å². The molecule has 98 valence electrons. The van der Waals surface area contributed by atoms with Crippen LogP contribution in [0, 0.1) is 11.8 Å². The molecule has 2 rings (SSSR count). The lowest BCUT2D eigenvalue weighted by atomic mass is 9.59. The summed E-state index contributed by atoms with van der Waals surface area (Å²) in [5.74, 6) is 2.03. The van der Waals surface area contributed by atoms with Crippen molar-refractivity contribution in [1.29, 1.82) is 0 Å². The molecule has 1 saturated heterocycles. The third kappa shape index (κ3) is 3.62. The summed E-state index contributed by atoms with van der Waals surface area (Å²) in [6, 6.07) is 3.25. The average Bonchev–Trinajstić information content (AvgIpc) is 2.28. The number of rotatable bonds is 2. The molecule has 0 amide bonds. The fourth-order valence-electron chi connectivity index (χ4n) is 4.30. The second-order valence-electron chi connectivity index (χ2n) is 8.16. The van der Waals surface area contributed by atoms with Gasteiger partial charge < -0.3 is 0 Å². The summed E-state index contributed by atoms with van der Waals surface area (Å²) in [7, 11) is -0.860. The minimum Gasteiger partial charge on any atom is -0.0748 e. The standard InChI is InChI=1S/C15H31BSi/c1-13-5-9-15(3,10-6-13)16-17(4)11-7-14(2)8-12-17/h13-14,16H,5-12H2,1-4H3/t13-,14-,15+,17+. The van der Waals surface area contributed by atoms with Crippen molar-refractivity contribution >= 4 is 14.8 Å². The van der Waals surface area contributed by atoms with Crippen LogP contribution in [0.3, 0.4) is 0 Å². The van der Waals surface area contributed by atoms with Gasteiger partial charge in [-0.25, -0.2) is 0 Å². The molecule has 0 aromatic carbocycles. The Hall–Kier alpha value is 0.282. The van der Waals surface area contributed by atoms with E-state index >= 15 is 0 Å². The second-order valence-corrected chi connectivity index (χ2v) is 13.1. The summed E-state index contributed by atoms with van der Waals surface area (Å²) in [5.41, 5.74) is 0. The highest BCUT2D eigenvalue weighted by Crippen LogP contribution is 2.47. The van der Waals surface area contributed by atoms with Crippen LogP contribution < -0.4 is 0 Å². The lowest BCUT2D eigenvalue weighted by Gasteiger charge is -2.44. The van der Waals surface area contributed by atoms with E-state index in [1.165, 1.54) is 38.5 Å². The van der Waals surface area contributed by atoms with E-state index in [9.17, 15) is 0 Å². The Morgan fingerprint density at radius 1 is 0.941 bits per heavy atom. The van der Waals surface area contributed by atoms with Crippen LogP contribution in [-0.2, 0) is 0 Å². The highest BCUT2D eigenvalue weighted by atomic mass is 28.3. The van der Waals surface area contributed by atoms with Crippen molar-refractivity contribution < 1.29 is 0 Å². The molecule has 0 spiro atoms. The first-order chi connectivity index (χ1) is 7.91. The van der Waals surface area contributed by atoms with Crippen LogP contribution in [0.15, 0.2) is 0 Å². The van der Waals surface area contributed by atoms with Crippen LogP contribution in [-0.4, -0.2) is 14.8 Å². The summed E-state index contributed by atoms with van der Waals surface area (Å²) in [6.45, 7) is 11.9. The van der Waals surface area contributed by atoms with Crippen molar-refractivity contribution in [1.82, 2.24) is 0 Å². The van der Waals surface area contributed by atoms with E-state index in [-0.39, 0.29) is 0 Å². The van der Waals surface area contributed by atoms with Gasteiger partial charge in [0.1, 0.15) is 6.87 Å². The van der Waals surface area contributed by atoms with Crippen molar-refractivity contribution in [3.05, 3.63) is 0 Å². The molecule has 2 heteroatoms. The van der Waals surface area contributed by atoms with Gasteiger partial charge in [0.15, 0.2) is 0 Å². The molecule has 2 fully saturated rings. The Labute approximate surface area is 110 Å². The van der Waals surface area contributed by atoms with E-state index in [0.29, 0.717) is 0 Å². The molecule has 0 atom stereocenters. The van der Waals surface area contributed by atoms with Crippen molar-refractivity contribution in [3.8, 4) is 0 Å². The van der Waals surface area contributed by atoms with Gasteiger partial charge in [-0.3, -0.25) is 0 Å². The van der Waals surface area contributed by atoms with Gasteiger partial charge >= 0.3 is 0 Å². The maximum absolute atomic E-state index is 2.71. The van der Waals surface area contributed by atoms with Crippen molar-refractivity contribution in [2.24, 2.45) is 11.8 Å². The number of hydrogen-bond acceptors (Lipinski definition) is 0. The molecular weight excluding hydrogens is 219 g/mol. The van der Waals surface area contributed by atoms with E-state index in [1.54, 1.807) is 19.0 Å². The normalized spacial score (nSPS) is 47.8. The smallest absolute Gasteiger partial charge is 0.0748 e. The Balaban J connectivity index is 1.91. The fraction of sp³-hybridized carbons (Fsp3) is 1.00. The SMILES string of the molecule is C[C@H]1CC[C@@](C)(B[Si@]2(C)CC[C@H](C)CC2)CC1. The minimum atomic E-state index is -0.860. The van der Waals surface area contributed by atoms with E-state index in [2.05, 4.69) is 27.3 Å². The van der Waals surface area contributed by atoms with Crippen molar-refractivity contribution in [3.63, 3.8) is 0 Å². The third-order valence-corrected chi connectivity index (χ3v) is 10.5. The third-order valence-electron chi connectivity index (χ3n) is 5.82. The summed E-state index contributed by atoms with van der Waals surface area (Å²) >= 11 is 0. The zero-order valence-corrected chi connectivity index (χ0v) is 13.5. The van der Waals surface area contributed by atoms with Gasteiger partial charge in [-0.05, 0) is 11.8 Å². The summed E-state index contributed by atoms with van der Waals surface area (Å²) in [4.78, 5) is 0. The largest absolute Gasteiger partial charge is 0.123 e. The van der Waals surface area contributed by atoms with Crippen LogP contribution in [0.2, 0.25) is 23.9 Å². The predicted molar refractivity (Wildman–Crippen MR) is 82.8 cm³/mol. The topological polar surface area (TPSA) is 0 Å². The Morgan fingerprint density at radius 2 is 1.41 bits per heavy atom. The molecule has 0 bridgehead atoms. The zero-order valence-electron chi connectivity index (χ0n) is 12.5. The first-order valence-corrected chi connectivity index (χ1v) is 11.0. The lowest BCUT2D eigenvalue weighted by Crippen LogP contribution is -2.47. The average molecular weight is 250 g/mol. The van der Waals surface area contributed by atoms with E-state index < -0.39 is 7.94 Å². The van der Waals surface area contributed by atoms with E-state index in [0.717, 1.165) is 17.2 Å². The van der Waals surface area contributed by atoms with Gasteiger partial charge in [-0.1, -0.05) is 83.2 Å². The van der Waals surface area contributed by atoms with Gasteiger partial charge in [0.2, 0.25) is 0 Å². The van der Waals surface area contributed by atoms with Gasteiger partial charge in [-0.2, -0.15) is 0 Å². The summed E-state index contributed by atoms with van der Waals surface area (Å²) in [6.07, 6.45) is 9.11. The molecule has 2 aliphatic rings.